The Morgan fingerprint density at radius 2 is 1.96 bits per heavy atom. The van der Waals surface area contributed by atoms with Gasteiger partial charge in [-0.2, -0.15) is 4.48 Å². The summed E-state index contributed by atoms with van der Waals surface area (Å²) in [7, 11) is 1.76. The smallest absolute Gasteiger partial charge is 0.321 e. The summed E-state index contributed by atoms with van der Waals surface area (Å²) in [5, 5.41) is 0. The first-order chi connectivity index (χ1) is 11.5. The molecule has 1 fully saturated rings. The Balaban J connectivity index is 1.81. The van der Waals surface area contributed by atoms with Gasteiger partial charge in [-0.3, -0.25) is 4.79 Å². The van der Waals surface area contributed by atoms with Crippen LogP contribution in [0.15, 0.2) is 30.3 Å². The minimum atomic E-state index is -0.125. The van der Waals surface area contributed by atoms with Crippen LogP contribution in [0.3, 0.4) is 0 Å². The molecule has 1 heterocycles. The fourth-order valence-electron chi connectivity index (χ4n) is 3.36. The largest absolute Gasteiger partial charge is 0.345 e. The normalized spacial score (nSPS) is 23.0. The molecule has 3 amide bonds. The van der Waals surface area contributed by atoms with E-state index in [9.17, 15) is 14.4 Å². The van der Waals surface area contributed by atoms with Gasteiger partial charge in [-0.05, 0) is 18.9 Å². The van der Waals surface area contributed by atoms with Gasteiger partial charge in [-0.15, -0.1) is 0 Å². The monoisotopic (exact) mass is 331 g/mol. The Kier molecular flexibility index (Phi) is 6.26. The van der Waals surface area contributed by atoms with E-state index >= 15 is 0 Å². The molecule has 1 aliphatic rings. The summed E-state index contributed by atoms with van der Waals surface area (Å²) in [5.41, 5.74) is 1.18. The van der Waals surface area contributed by atoms with Gasteiger partial charge in [-0.1, -0.05) is 30.3 Å². The zero-order valence-electron chi connectivity index (χ0n) is 14.6. The molecule has 5 nitrogen and oxygen atoms in total. The molecule has 1 unspecified atom stereocenters. The molecule has 24 heavy (non-hydrogen) atoms. The molecular formula is C19H27N2O3+. The van der Waals surface area contributed by atoms with Crippen molar-refractivity contribution in [1.29, 1.82) is 0 Å². The van der Waals surface area contributed by atoms with Crippen molar-refractivity contribution in [2.24, 2.45) is 0 Å². The van der Waals surface area contributed by atoms with Gasteiger partial charge in [0, 0.05) is 32.9 Å². The van der Waals surface area contributed by atoms with Crippen molar-refractivity contribution >= 4 is 18.2 Å². The lowest BCUT2D eigenvalue weighted by Crippen LogP contribution is -2.54. The van der Waals surface area contributed by atoms with E-state index in [0.29, 0.717) is 13.1 Å². The van der Waals surface area contributed by atoms with E-state index < -0.39 is 0 Å². The summed E-state index contributed by atoms with van der Waals surface area (Å²) < 4.78 is -0.110. The highest BCUT2D eigenvalue weighted by Crippen LogP contribution is 2.26. The molecule has 0 aliphatic carbocycles. The van der Waals surface area contributed by atoms with E-state index in [2.05, 4.69) is 0 Å². The molecule has 130 valence electrons. The molecule has 1 saturated heterocycles. The van der Waals surface area contributed by atoms with Crippen LogP contribution in [0.1, 0.15) is 38.2 Å². The van der Waals surface area contributed by atoms with Crippen LogP contribution in [-0.2, 0) is 20.8 Å². The fraction of sp³-hybridized carbons (Fsp3) is 0.526. The quantitative estimate of drug-likeness (QED) is 0.568. The second kappa shape index (κ2) is 8.20. The standard InChI is InChI=1S/C19H27N2O3/c1-16-7-6-14-21(16,15-22)19(24)11-10-18(23)20(2)13-12-17-8-4-3-5-9-17/h3-5,8-9,15-16H,6-7,10-14H2,1-2H3/q+1/t16-,21?/m1/s1. The van der Waals surface area contributed by atoms with Gasteiger partial charge < -0.3 is 4.90 Å². The van der Waals surface area contributed by atoms with Gasteiger partial charge in [0.2, 0.25) is 5.91 Å². The molecule has 0 saturated carbocycles. The minimum Gasteiger partial charge on any atom is -0.345 e. The lowest BCUT2D eigenvalue weighted by molar-refractivity contribution is -0.780. The van der Waals surface area contributed by atoms with Crippen LogP contribution in [0.5, 0.6) is 0 Å². The number of nitrogens with zero attached hydrogens (tertiary/aromatic N) is 2. The highest BCUT2D eigenvalue weighted by Gasteiger charge is 2.45. The molecule has 2 rings (SSSR count). The zero-order chi connectivity index (χ0) is 17.6. The summed E-state index contributed by atoms with van der Waals surface area (Å²) in [5.74, 6) is -0.171. The molecule has 0 aromatic heterocycles. The second-order valence-corrected chi connectivity index (χ2v) is 6.70. The van der Waals surface area contributed by atoms with Crippen LogP contribution in [0.25, 0.3) is 0 Å². The van der Waals surface area contributed by atoms with Gasteiger partial charge >= 0.3 is 12.3 Å². The number of carbonyl (C=O) groups excluding carboxylic acids is 3. The topological polar surface area (TPSA) is 54.5 Å². The Labute approximate surface area is 143 Å². The van der Waals surface area contributed by atoms with Gasteiger partial charge in [0.1, 0.15) is 6.04 Å². The SMILES string of the molecule is C[C@@H]1CCC[N+]1(C=O)C(=O)CCC(=O)N(C)CCc1ccccc1. The van der Waals surface area contributed by atoms with Crippen LogP contribution in [0.2, 0.25) is 0 Å². The highest BCUT2D eigenvalue weighted by atomic mass is 16.2. The molecule has 0 bridgehead atoms. The van der Waals surface area contributed by atoms with Crippen LogP contribution in [-0.4, -0.2) is 53.8 Å². The van der Waals surface area contributed by atoms with E-state index in [0.717, 1.165) is 25.7 Å². The lowest BCUT2D eigenvalue weighted by atomic mass is 10.1. The van der Waals surface area contributed by atoms with Crippen LogP contribution >= 0.6 is 0 Å². The predicted octanol–water partition coefficient (Wildman–Crippen LogP) is 2.15. The van der Waals surface area contributed by atoms with E-state index in [-0.39, 0.29) is 35.2 Å². The average Bonchev–Trinajstić information content (AvgIpc) is 2.99. The number of amides is 3. The Morgan fingerprint density at radius 3 is 2.54 bits per heavy atom. The van der Waals surface area contributed by atoms with Crippen molar-refractivity contribution in [1.82, 2.24) is 4.90 Å². The van der Waals surface area contributed by atoms with Crippen LogP contribution in [0, 0.1) is 0 Å². The number of imide groups is 1. The van der Waals surface area contributed by atoms with Crippen molar-refractivity contribution in [2.75, 3.05) is 20.1 Å². The molecule has 1 aromatic rings. The summed E-state index contributed by atoms with van der Waals surface area (Å²) in [6, 6.07) is 10.0. The number of hydrogen-bond donors (Lipinski definition) is 0. The third kappa shape index (κ3) is 4.09. The predicted molar refractivity (Wildman–Crippen MR) is 91.9 cm³/mol. The second-order valence-electron chi connectivity index (χ2n) is 6.70. The molecule has 5 heteroatoms. The number of likely N-dealkylation sites (N-methyl/N-ethyl adjacent to an activating group) is 1. The first kappa shape index (κ1) is 18.3. The van der Waals surface area contributed by atoms with E-state index in [1.54, 1.807) is 11.9 Å². The van der Waals surface area contributed by atoms with Crippen LogP contribution in [0.4, 0.5) is 0 Å². The zero-order valence-corrected chi connectivity index (χ0v) is 14.6. The summed E-state index contributed by atoms with van der Waals surface area (Å²) in [6.45, 7) is 3.13. The molecule has 1 aromatic carbocycles. The summed E-state index contributed by atoms with van der Waals surface area (Å²) in [4.78, 5) is 37.9. The van der Waals surface area contributed by atoms with Crippen molar-refractivity contribution in [3.63, 3.8) is 0 Å². The fourth-order valence-corrected chi connectivity index (χ4v) is 3.36. The average molecular weight is 331 g/mol. The number of quaternary nitrogens is 1. The van der Waals surface area contributed by atoms with Gasteiger partial charge in [-0.25, -0.2) is 9.59 Å². The van der Waals surface area contributed by atoms with Gasteiger partial charge in [0.25, 0.3) is 0 Å². The lowest BCUT2D eigenvalue weighted by Gasteiger charge is -2.28. The Morgan fingerprint density at radius 1 is 1.25 bits per heavy atom. The first-order valence-corrected chi connectivity index (χ1v) is 8.64. The molecular weight excluding hydrogens is 304 g/mol. The first-order valence-electron chi connectivity index (χ1n) is 8.64. The molecule has 0 spiro atoms. The maximum absolute atomic E-state index is 12.5. The maximum Gasteiger partial charge on any atom is 0.321 e. The number of rotatable bonds is 7. The van der Waals surface area contributed by atoms with Gasteiger partial charge in [0.15, 0.2) is 0 Å². The van der Waals surface area contributed by atoms with E-state index in [1.807, 2.05) is 37.3 Å². The number of likely N-dealkylation sites (tertiary alicyclic amines) is 1. The number of benzene rings is 1. The number of hydrogen-bond acceptors (Lipinski definition) is 3. The third-order valence-electron chi connectivity index (χ3n) is 5.15. The van der Waals surface area contributed by atoms with Crippen molar-refractivity contribution in [3.8, 4) is 0 Å². The van der Waals surface area contributed by atoms with Crippen molar-refractivity contribution in [3.05, 3.63) is 35.9 Å². The van der Waals surface area contributed by atoms with Crippen LogP contribution < -0.4 is 0 Å². The third-order valence-corrected chi connectivity index (χ3v) is 5.15. The van der Waals surface area contributed by atoms with Gasteiger partial charge in [0.05, 0.1) is 13.0 Å². The molecule has 2 atom stereocenters. The minimum absolute atomic E-state index is 0.0286. The Hall–Kier alpha value is -2.01. The van der Waals surface area contributed by atoms with Crippen molar-refractivity contribution < 1.29 is 18.9 Å². The maximum atomic E-state index is 12.5. The molecule has 0 radical (unpaired) electrons. The highest BCUT2D eigenvalue weighted by molar-refractivity contribution is 5.83. The van der Waals surface area contributed by atoms with Crippen molar-refractivity contribution in [2.45, 2.75) is 45.1 Å². The molecule has 1 aliphatic heterocycles. The number of carbonyl (C=O) groups is 3. The van der Waals surface area contributed by atoms with E-state index in [4.69, 9.17) is 0 Å². The Bertz CT molecular complexity index is 588. The van der Waals surface area contributed by atoms with E-state index in [1.165, 1.54) is 5.56 Å². The molecule has 0 N–H and O–H groups in total. The summed E-state index contributed by atoms with van der Waals surface area (Å²) in [6.07, 6.45) is 3.64. The summed E-state index contributed by atoms with van der Waals surface area (Å²) >= 11 is 0.